The summed E-state index contributed by atoms with van der Waals surface area (Å²) in [5, 5.41) is 40.4. The summed E-state index contributed by atoms with van der Waals surface area (Å²) < 4.78 is 27.9. The number of fused-ring (bicyclic) bond motifs is 1. The lowest BCUT2D eigenvalue weighted by atomic mass is 9.76. The summed E-state index contributed by atoms with van der Waals surface area (Å²) in [5.74, 6) is -1.10. The van der Waals surface area contributed by atoms with Gasteiger partial charge in [0.15, 0.2) is 12.1 Å². The number of Topliss-reactive ketones (excluding diaryl/α,β-unsaturated/α-hetero) is 1. The van der Waals surface area contributed by atoms with Gasteiger partial charge in [-0.2, -0.15) is 0 Å². The molecule has 11 nitrogen and oxygen atoms in total. The molecule has 4 N–H and O–H groups in total. The highest BCUT2D eigenvalue weighted by atomic mass is 16.7. The van der Waals surface area contributed by atoms with E-state index in [-0.39, 0.29) is 31.0 Å². The number of esters is 1. The van der Waals surface area contributed by atoms with Gasteiger partial charge in [-0.15, -0.1) is 0 Å². The summed E-state index contributed by atoms with van der Waals surface area (Å²) in [6.07, 6.45) is -6.87. The van der Waals surface area contributed by atoms with Gasteiger partial charge in [-0.3, -0.25) is 9.59 Å². The number of ketones is 1. The molecule has 4 rings (SSSR count). The number of rotatable bonds is 6. The van der Waals surface area contributed by atoms with E-state index < -0.39 is 60.9 Å². The van der Waals surface area contributed by atoms with Crippen LogP contribution < -0.4 is 0 Å². The molecule has 2 fully saturated rings. The molecule has 9 atom stereocenters. The molecule has 192 valence electrons. The molecule has 0 aromatic heterocycles. The van der Waals surface area contributed by atoms with Crippen molar-refractivity contribution in [2.24, 2.45) is 5.92 Å². The maximum atomic E-state index is 13.2. The molecule has 0 spiro atoms. The molecule has 2 heterocycles. The van der Waals surface area contributed by atoms with E-state index >= 15 is 0 Å². The molecule has 11 heteroatoms. The molecule has 1 saturated heterocycles. The van der Waals surface area contributed by atoms with Crippen LogP contribution in [0.2, 0.25) is 0 Å². The molecule has 0 amide bonds. The minimum absolute atomic E-state index is 0.0911. The maximum Gasteiger partial charge on any atom is 0.302 e. The van der Waals surface area contributed by atoms with Crippen LogP contribution in [0, 0.1) is 5.92 Å². The largest absolute Gasteiger partial charge is 0.508 e. The Hall–Kier alpha value is -2.54. The van der Waals surface area contributed by atoms with Crippen molar-refractivity contribution >= 4 is 17.3 Å². The minimum Gasteiger partial charge on any atom is -0.508 e. The van der Waals surface area contributed by atoms with Crippen LogP contribution in [-0.4, -0.2) is 94.9 Å². The highest BCUT2D eigenvalue weighted by molar-refractivity contribution is 6.22. The second kappa shape index (κ2) is 10.6. The predicted molar refractivity (Wildman–Crippen MR) is 118 cm³/mol. The van der Waals surface area contributed by atoms with Crippen molar-refractivity contribution in [2.45, 2.75) is 68.8 Å². The van der Waals surface area contributed by atoms with Gasteiger partial charge >= 0.3 is 5.97 Å². The Morgan fingerprint density at radius 2 is 1.77 bits per heavy atom. The minimum atomic E-state index is -1.59. The fraction of sp³-hybridized carbons (Fsp3) is 0.583. The van der Waals surface area contributed by atoms with Crippen LogP contribution in [0.1, 0.15) is 25.3 Å². The summed E-state index contributed by atoms with van der Waals surface area (Å²) in [6, 6.07) is 6.26. The fourth-order valence-corrected chi connectivity index (χ4v) is 4.72. The van der Waals surface area contributed by atoms with Crippen LogP contribution in [-0.2, 0) is 33.3 Å². The normalized spacial score (nSPS) is 37.1. The highest BCUT2D eigenvalue weighted by Gasteiger charge is 2.49. The van der Waals surface area contributed by atoms with E-state index in [1.54, 1.807) is 12.1 Å². The standard InChI is InChI=1S/C24H30O11/c1-11(25)32-10-19-21(28)22(29)23(30)24(35-19)34-18-8-16-14(7-17(18)31-2)20(27)15(9-33-16)12-3-5-13(26)6-4-12/h3-6,9,14,16-19,21-24,26,28-30H,7-8,10H2,1-2H3/t14?,16?,17?,18?,19-,21-,22+,23-,24-/m1/s1. The molecule has 2 aliphatic heterocycles. The lowest BCUT2D eigenvalue weighted by Crippen LogP contribution is -2.61. The number of aliphatic hydroxyl groups excluding tert-OH is 3. The second-order valence-electron chi connectivity index (χ2n) is 8.96. The zero-order valence-corrected chi connectivity index (χ0v) is 19.4. The van der Waals surface area contributed by atoms with Crippen molar-refractivity contribution < 1.29 is 53.7 Å². The summed E-state index contributed by atoms with van der Waals surface area (Å²) >= 11 is 0. The number of aromatic hydroxyl groups is 1. The molecule has 1 saturated carbocycles. The van der Waals surface area contributed by atoms with E-state index in [0.29, 0.717) is 11.1 Å². The van der Waals surface area contributed by atoms with E-state index in [2.05, 4.69) is 0 Å². The Labute approximate surface area is 201 Å². The van der Waals surface area contributed by atoms with E-state index in [9.17, 15) is 30.0 Å². The Bertz CT molecular complexity index is 945. The predicted octanol–water partition coefficient (Wildman–Crippen LogP) is -0.118. The van der Waals surface area contributed by atoms with Gasteiger partial charge in [-0.05, 0) is 24.1 Å². The van der Waals surface area contributed by atoms with Gasteiger partial charge in [-0.25, -0.2) is 0 Å². The average molecular weight is 494 g/mol. The van der Waals surface area contributed by atoms with Crippen LogP contribution in [0.15, 0.2) is 30.5 Å². The quantitative estimate of drug-likeness (QED) is 0.390. The number of aliphatic hydroxyl groups is 3. The van der Waals surface area contributed by atoms with Crippen LogP contribution >= 0.6 is 0 Å². The maximum absolute atomic E-state index is 13.2. The number of hydrogen-bond donors (Lipinski definition) is 4. The smallest absolute Gasteiger partial charge is 0.302 e. The molecule has 35 heavy (non-hydrogen) atoms. The highest BCUT2D eigenvalue weighted by Crippen LogP contribution is 2.39. The summed E-state index contributed by atoms with van der Waals surface area (Å²) in [7, 11) is 1.48. The number of carbonyl (C=O) groups excluding carboxylic acids is 2. The first kappa shape index (κ1) is 25.5. The Morgan fingerprint density at radius 1 is 1.06 bits per heavy atom. The SMILES string of the molecule is COC1CC2C(=O)C(c3ccc(O)cc3)=COC2CC1O[C@@H]1O[C@H](COC(C)=O)[C@@H](O)[C@H](O)[C@H]1O. The van der Waals surface area contributed by atoms with Crippen LogP contribution in [0.4, 0.5) is 0 Å². The topological polar surface area (TPSA) is 161 Å². The number of hydrogen-bond acceptors (Lipinski definition) is 11. The van der Waals surface area contributed by atoms with Crippen LogP contribution in [0.5, 0.6) is 5.75 Å². The molecular weight excluding hydrogens is 464 g/mol. The average Bonchev–Trinajstić information content (AvgIpc) is 2.84. The summed E-state index contributed by atoms with van der Waals surface area (Å²) in [5.41, 5.74) is 1.03. The van der Waals surface area contributed by atoms with Gasteiger partial charge in [0.05, 0.1) is 30.0 Å². The van der Waals surface area contributed by atoms with E-state index in [1.807, 2.05) is 0 Å². The number of benzene rings is 1. The molecule has 4 unspecified atom stereocenters. The van der Waals surface area contributed by atoms with E-state index in [4.69, 9.17) is 23.7 Å². The van der Waals surface area contributed by atoms with Gasteiger partial charge in [0.2, 0.25) is 0 Å². The molecule has 1 aromatic rings. The Morgan fingerprint density at radius 3 is 2.43 bits per heavy atom. The molecule has 1 aliphatic carbocycles. The summed E-state index contributed by atoms with van der Waals surface area (Å²) in [4.78, 5) is 24.4. The first-order valence-electron chi connectivity index (χ1n) is 11.4. The van der Waals surface area contributed by atoms with Gasteiger partial charge in [0, 0.05) is 20.5 Å². The Balaban J connectivity index is 1.46. The van der Waals surface area contributed by atoms with Crippen molar-refractivity contribution in [3.63, 3.8) is 0 Å². The molecule has 3 aliphatic rings. The lowest BCUT2D eigenvalue weighted by Gasteiger charge is -2.45. The molecule has 1 aromatic carbocycles. The van der Waals surface area contributed by atoms with Crippen molar-refractivity contribution in [2.75, 3.05) is 13.7 Å². The molecule has 0 bridgehead atoms. The van der Waals surface area contributed by atoms with Gasteiger partial charge in [0.1, 0.15) is 42.9 Å². The van der Waals surface area contributed by atoms with Crippen molar-refractivity contribution in [3.8, 4) is 5.75 Å². The van der Waals surface area contributed by atoms with Crippen LogP contribution in [0.3, 0.4) is 0 Å². The first-order valence-corrected chi connectivity index (χ1v) is 11.4. The molecular formula is C24H30O11. The summed E-state index contributed by atoms with van der Waals surface area (Å²) in [6.45, 7) is 0.870. The zero-order valence-electron chi connectivity index (χ0n) is 19.4. The monoisotopic (exact) mass is 494 g/mol. The number of ether oxygens (including phenoxy) is 5. The van der Waals surface area contributed by atoms with E-state index in [1.165, 1.54) is 32.4 Å². The van der Waals surface area contributed by atoms with Gasteiger partial charge in [0.25, 0.3) is 0 Å². The lowest BCUT2D eigenvalue weighted by molar-refractivity contribution is -0.322. The number of allylic oxidation sites excluding steroid dienone is 1. The Kier molecular flexibility index (Phi) is 7.74. The van der Waals surface area contributed by atoms with E-state index in [0.717, 1.165) is 0 Å². The third kappa shape index (κ3) is 5.35. The first-order chi connectivity index (χ1) is 16.7. The fourth-order valence-electron chi connectivity index (χ4n) is 4.72. The number of carbonyl (C=O) groups is 2. The van der Waals surface area contributed by atoms with Crippen molar-refractivity contribution in [1.82, 2.24) is 0 Å². The van der Waals surface area contributed by atoms with Crippen molar-refractivity contribution in [1.29, 1.82) is 0 Å². The number of phenolic OH excluding ortho intramolecular Hbond substituents is 1. The van der Waals surface area contributed by atoms with Gasteiger partial charge < -0.3 is 44.1 Å². The van der Waals surface area contributed by atoms with Crippen molar-refractivity contribution in [3.05, 3.63) is 36.1 Å². The third-order valence-corrected chi connectivity index (χ3v) is 6.69. The number of methoxy groups -OCH3 is 1. The number of phenols is 1. The van der Waals surface area contributed by atoms with Gasteiger partial charge in [-0.1, -0.05) is 12.1 Å². The third-order valence-electron chi connectivity index (χ3n) is 6.69. The second-order valence-corrected chi connectivity index (χ2v) is 8.96. The zero-order chi connectivity index (χ0) is 25.3. The molecule has 0 radical (unpaired) electrons. The van der Waals surface area contributed by atoms with Crippen LogP contribution in [0.25, 0.3) is 5.57 Å².